The normalized spacial score (nSPS) is 12.5. The molecule has 1 aromatic rings. The highest BCUT2D eigenvalue weighted by molar-refractivity contribution is 9.10. The van der Waals surface area contributed by atoms with Crippen LogP contribution in [0.15, 0.2) is 22.7 Å². The van der Waals surface area contributed by atoms with E-state index in [9.17, 15) is 9.18 Å². The molecule has 0 fully saturated rings. The van der Waals surface area contributed by atoms with Gasteiger partial charge in [-0.3, -0.25) is 4.79 Å². The van der Waals surface area contributed by atoms with E-state index in [0.717, 1.165) is 5.56 Å². The van der Waals surface area contributed by atoms with Crippen molar-refractivity contribution in [1.29, 1.82) is 0 Å². The lowest BCUT2D eigenvalue weighted by Gasteiger charge is -2.09. The maximum absolute atomic E-state index is 12.8. The van der Waals surface area contributed by atoms with Gasteiger partial charge >= 0.3 is 0 Å². The zero-order valence-electron chi connectivity index (χ0n) is 8.59. The molecule has 0 N–H and O–H groups in total. The maximum Gasteiger partial charge on any atom is 0.165 e. The number of ether oxygens (including phenoxy) is 1. The first kappa shape index (κ1) is 12.3. The summed E-state index contributed by atoms with van der Waals surface area (Å²) in [7, 11) is 1.49. The van der Waals surface area contributed by atoms with Gasteiger partial charge in [-0.2, -0.15) is 0 Å². The summed E-state index contributed by atoms with van der Waals surface area (Å²) in [6.45, 7) is 1.69. The van der Waals surface area contributed by atoms with Gasteiger partial charge in [-0.15, -0.1) is 0 Å². The van der Waals surface area contributed by atoms with E-state index < -0.39 is 6.10 Å². The number of Topliss-reactive ketones (excluding diaryl/α,β-unsaturated/α-hetero) is 1. The van der Waals surface area contributed by atoms with E-state index >= 15 is 0 Å². The summed E-state index contributed by atoms with van der Waals surface area (Å²) in [6, 6.07) is 4.28. The average molecular weight is 275 g/mol. The Hall–Kier alpha value is -0.740. The van der Waals surface area contributed by atoms with E-state index in [4.69, 9.17) is 4.74 Å². The van der Waals surface area contributed by atoms with Crippen LogP contribution in [-0.2, 0) is 16.0 Å². The molecule has 1 rings (SSSR count). The number of carbonyl (C=O) groups is 1. The van der Waals surface area contributed by atoms with Gasteiger partial charge in [0.05, 0.1) is 0 Å². The molecule has 0 bridgehead atoms. The largest absolute Gasteiger partial charge is 0.374 e. The zero-order chi connectivity index (χ0) is 11.4. The van der Waals surface area contributed by atoms with Crippen molar-refractivity contribution in [1.82, 2.24) is 0 Å². The standard InChI is InChI=1S/C11H12BrFO2/c1-7(15-2)11(14)5-8-3-4-9(13)6-10(8)12/h3-4,6-7H,5H2,1-2H3. The second-order valence-electron chi connectivity index (χ2n) is 3.26. The summed E-state index contributed by atoms with van der Waals surface area (Å²) < 4.78 is 18.3. The van der Waals surface area contributed by atoms with E-state index in [-0.39, 0.29) is 18.0 Å². The second kappa shape index (κ2) is 5.37. The van der Waals surface area contributed by atoms with Crippen LogP contribution in [-0.4, -0.2) is 19.0 Å². The molecule has 0 aliphatic carbocycles. The Bertz CT molecular complexity index is 366. The Morgan fingerprint density at radius 3 is 2.80 bits per heavy atom. The molecule has 0 saturated carbocycles. The molecule has 1 aromatic carbocycles. The summed E-state index contributed by atoms with van der Waals surface area (Å²) in [5.41, 5.74) is 0.769. The van der Waals surface area contributed by atoms with E-state index in [2.05, 4.69) is 15.9 Å². The molecule has 0 aliphatic rings. The van der Waals surface area contributed by atoms with Gasteiger partial charge < -0.3 is 4.74 Å². The summed E-state index contributed by atoms with van der Waals surface area (Å²) in [6.07, 6.45) is -0.183. The minimum absolute atomic E-state index is 0.0233. The Morgan fingerprint density at radius 1 is 1.60 bits per heavy atom. The number of ketones is 1. The van der Waals surface area contributed by atoms with Crippen LogP contribution >= 0.6 is 15.9 Å². The van der Waals surface area contributed by atoms with Gasteiger partial charge in [0.1, 0.15) is 11.9 Å². The summed E-state index contributed by atoms with van der Waals surface area (Å²) in [5, 5.41) is 0. The van der Waals surface area contributed by atoms with Crippen molar-refractivity contribution in [3.05, 3.63) is 34.1 Å². The predicted molar refractivity (Wildman–Crippen MR) is 59.3 cm³/mol. The topological polar surface area (TPSA) is 26.3 Å². The summed E-state index contributed by atoms with van der Waals surface area (Å²) in [4.78, 5) is 11.5. The minimum atomic E-state index is -0.429. The second-order valence-corrected chi connectivity index (χ2v) is 4.11. The number of rotatable bonds is 4. The van der Waals surface area contributed by atoms with E-state index in [1.165, 1.54) is 19.2 Å². The predicted octanol–water partition coefficient (Wildman–Crippen LogP) is 2.73. The highest BCUT2D eigenvalue weighted by Gasteiger charge is 2.14. The van der Waals surface area contributed by atoms with Crippen molar-refractivity contribution >= 4 is 21.7 Å². The summed E-state index contributed by atoms with van der Waals surface area (Å²) >= 11 is 3.21. The third kappa shape index (κ3) is 3.39. The quantitative estimate of drug-likeness (QED) is 0.844. The SMILES string of the molecule is COC(C)C(=O)Cc1ccc(F)cc1Br. The van der Waals surface area contributed by atoms with Gasteiger partial charge in [0.2, 0.25) is 0 Å². The van der Waals surface area contributed by atoms with Crippen molar-refractivity contribution in [2.75, 3.05) is 7.11 Å². The first-order valence-corrected chi connectivity index (χ1v) is 5.33. The first-order chi connectivity index (χ1) is 7.04. The van der Waals surface area contributed by atoms with Crippen molar-refractivity contribution in [3.8, 4) is 0 Å². The van der Waals surface area contributed by atoms with Gasteiger partial charge in [-0.1, -0.05) is 22.0 Å². The molecule has 2 nitrogen and oxygen atoms in total. The van der Waals surface area contributed by atoms with Crippen LogP contribution in [0.4, 0.5) is 4.39 Å². The van der Waals surface area contributed by atoms with Crippen molar-refractivity contribution in [3.63, 3.8) is 0 Å². The highest BCUT2D eigenvalue weighted by Crippen LogP contribution is 2.19. The lowest BCUT2D eigenvalue weighted by atomic mass is 10.1. The van der Waals surface area contributed by atoms with E-state index in [1.54, 1.807) is 13.0 Å². The van der Waals surface area contributed by atoms with Crippen LogP contribution in [0, 0.1) is 5.82 Å². The minimum Gasteiger partial charge on any atom is -0.374 e. The Kier molecular flexibility index (Phi) is 4.42. The molecule has 0 radical (unpaired) electrons. The van der Waals surface area contributed by atoms with Gasteiger partial charge in [0, 0.05) is 18.0 Å². The average Bonchev–Trinajstić information content (AvgIpc) is 2.20. The van der Waals surface area contributed by atoms with Crippen LogP contribution in [0.2, 0.25) is 0 Å². The molecule has 82 valence electrons. The molecule has 0 saturated heterocycles. The summed E-state index contributed by atoms with van der Waals surface area (Å²) in [5.74, 6) is -0.345. The number of carbonyl (C=O) groups excluding carboxylic acids is 1. The lowest BCUT2D eigenvalue weighted by Crippen LogP contribution is -2.21. The molecule has 1 unspecified atom stereocenters. The van der Waals surface area contributed by atoms with Crippen LogP contribution in [0.3, 0.4) is 0 Å². The molecule has 0 heterocycles. The molecule has 1 atom stereocenters. The molecule has 15 heavy (non-hydrogen) atoms. The number of benzene rings is 1. The van der Waals surface area contributed by atoms with Crippen LogP contribution in [0.25, 0.3) is 0 Å². The molecule has 4 heteroatoms. The van der Waals surface area contributed by atoms with Crippen molar-refractivity contribution < 1.29 is 13.9 Å². The maximum atomic E-state index is 12.8. The molecule has 0 amide bonds. The monoisotopic (exact) mass is 274 g/mol. The van der Waals surface area contributed by atoms with Gasteiger partial charge in [0.15, 0.2) is 5.78 Å². The fourth-order valence-corrected chi connectivity index (χ4v) is 1.62. The Balaban J connectivity index is 2.77. The van der Waals surface area contributed by atoms with Crippen molar-refractivity contribution in [2.45, 2.75) is 19.4 Å². The van der Waals surface area contributed by atoms with Gasteiger partial charge in [-0.25, -0.2) is 4.39 Å². The number of hydrogen-bond acceptors (Lipinski definition) is 2. The van der Waals surface area contributed by atoms with Gasteiger partial charge in [-0.05, 0) is 24.6 Å². The van der Waals surface area contributed by atoms with Crippen LogP contribution < -0.4 is 0 Å². The third-order valence-electron chi connectivity index (χ3n) is 2.19. The van der Waals surface area contributed by atoms with E-state index in [1.807, 2.05) is 0 Å². The molecular weight excluding hydrogens is 263 g/mol. The Morgan fingerprint density at radius 2 is 2.27 bits per heavy atom. The number of halogens is 2. The number of methoxy groups -OCH3 is 1. The number of hydrogen-bond donors (Lipinski definition) is 0. The highest BCUT2D eigenvalue weighted by atomic mass is 79.9. The lowest BCUT2D eigenvalue weighted by molar-refractivity contribution is -0.127. The smallest absolute Gasteiger partial charge is 0.165 e. The fourth-order valence-electron chi connectivity index (χ4n) is 1.13. The first-order valence-electron chi connectivity index (χ1n) is 4.54. The fraction of sp³-hybridized carbons (Fsp3) is 0.364. The molecule has 0 spiro atoms. The van der Waals surface area contributed by atoms with Crippen LogP contribution in [0.5, 0.6) is 0 Å². The molecule has 0 aliphatic heterocycles. The third-order valence-corrected chi connectivity index (χ3v) is 2.92. The molecular formula is C11H12BrFO2. The van der Waals surface area contributed by atoms with Crippen molar-refractivity contribution in [2.24, 2.45) is 0 Å². The Labute approximate surface area is 96.6 Å². The zero-order valence-corrected chi connectivity index (χ0v) is 10.2. The molecule has 0 aromatic heterocycles. The van der Waals surface area contributed by atoms with E-state index in [0.29, 0.717) is 4.47 Å². The van der Waals surface area contributed by atoms with Crippen LogP contribution in [0.1, 0.15) is 12.5 Å². The van der Waals surface area contributed by atoms with Gasteiger partial charge in [0.25, 0.3) is 0 Å².